The van der Waals surface area contributed by atoms with Gasteiger partial charge in [0.15, 0.2) is 0 Å². The molecule has 2 aliphatic rings. The number of hydrogen-bond donors (Lipinski definition) is 2. The number of piperidine rings is 1. The van der Waals surface area contributed by atoms with Crippen molar-refractivity contribution in [2.75, 3.05) is 12.4 Å². The first-order valence-electron chi connectivity index (χ1n) is 7.06. The fourth-order valence-electron chi connectivity index (χ4n) is 3.52. The number of carboxylic acid groups (broad SMARTS) is 1. The van der Waals surface area contributed by atoms with Crippen LogP contribution in [0.2, 0.25) is 0 Å². The number of hydrogen-bond acceptors (Lipinski definition) is 3. The number of benzene rings is 1. The quantitative estimate of drug-likeness (QED) is 0.892. The topological polar surface area (TPSA) is 52.6 Å². The van der Waals surface area contributed by atoms with E-state index < -0.39 is 5.97 Å². The third-order valence-corrected chi connectivity index (χ3v) is 4.67. The van der Waals surface area contributed by atoms with Crippen molar-refractivity contribution in [1.82, 2.24) is 4.90 Å². The van der Waals surface area contributed by atoms with Gasteiger partial charge in [0, 0.05) is 18.1 Å². The molecule has 2 heterocycles. The smallest absolute Gasteiger partial charge is 0.335 e. The van der Waals surface area contributed by atoms with Crippen molar-refractivity contribution < 1.29 is 14.3 Å². The van der Waals surface area contributed by atoms with Crippen LogP contribution in [0, 0.1) is 5.82 Å². The number of nitrogens with zero attached hydrogens (tertiary/aromatic N) is 1. The van der Waals surface area contributed by atoms with Crippen molar-refractivity contribution in [3.05, 3.63) is 29.6 Å². The van der Waals surface area contributed by atoms with Gasteiger partial charge in [-0.15, -0.1) is 0 Å². The van der Waals surface area contributed by atoms with Crippen LogP contribution in [0.25, 0.3) is 0 Å². The minimum atomic E-state index is -1.03. The summed E-state index contributed by atoms with van der Waals surface area (Å²) in [5.74, 6) is -1.42. The average molecular weight is 278 g/mol. The number of aromatic carboxylic acids is 1. The molecule has 1 aromatic rings. The van der Waals surface area contributed by atoms with Gasteiger partial charge in [-0.2, -0.15) is 0 Å². The molecule has 0 saturated carbocycles. The van der Waals surface area contributed by atoms with Gasteiger partial charge in [0.2, 0.25) is 0 Å². The van der Waals surface area contributed by atoms with Gasteiger partial charge < -0.3 is 15.3 Å². The predicted molar refractivity (Wildman–Crippen MR) is 74.6 cm³/mol. The highest BCUT2D eigenvalue weighted by Gasteiger charge is 2.38. The first kappa shape index (κ1) is 13.4. The number of fused-ring (bicyclic) bond motifs is 2. The Morgan fingerprint density at radius 1 is 1.35 bits per heavy atom. The van der Waals surface area contributed by atoms with E-state index >= 15 is 0 Å². The van der Waals surface area contributed by atoms with E-state index in [1.54, 1.807) is 0 Å². The molecule has 5 heteroatoms. The Hall–Kier alpha value is -1.62. The van der Waals surface area contributed by atoms with Crippen molar-refractivity contribution >= 4 is 11.7 Å². The zero-order chi connectivity index (χ0) is 14.3. The molecule has 0 aliphatic carbocycles. The molecule has 0 radical (unpaired) electrons. The highest BCUT2D eigenvalue weighted by atomic mass is 19.1. The molecule has 20 heavy (non-hydrogen) atoms. The molecule has 2 aliphatic heterocycles. The minimum absolute atomic E-state index is 0.116. The van der Waals surface area contributed by atoms with Crippen LogP contribution in [-0.2, 0) is 0 Å². The second-order valence-corrected chi connectivity index (χ2v) is 5.86. The van der Waals surface area contributed by atoms with E-state index in [9.17, 15) is 9.18 Å². The summed E-state index contributed by atoms with van der Waals surface area (Å²) in [5.41, 5.74) is 0.420. The molecular weight excluding hydrogens is 259 g/mol. The lowest BCUT2D eigenvalue weighted by Gasteiger charge is -2.37. The molecule has 0 spiro atoms. The lowest BCUT2D eigenvalue weighted by molar-refractivity contribution is 0.0697. The fourth-order valence-corrected chi connectivity index (χ4v) is 3.52. The summed E-state index contributed by atoms with van der Waals surface area (Å²) >= 11 is 0. The van der Waals surface area contributed by atoms with E-state index in [2.05, 4.69) is 17.3 Å². The van der Waals surface area contributed by atoms with Gasteiger partial charge in [-0.1, -0.05) is 0 Å². The summed E-state index contributed by atoms with van der Waals surface area (Å²) in [4.78, 5) is 13.4. The van der Waals surface area contributed by atoms with Gasteiger partial charge in [-0.25, -0.2) is 9.18 Å². The Morgan fingerprint density at radius 3 is 2.60 bits per heavy atom. The van der Waals surface area contributed by atoms with Crippen molar-refractivity contribution in [3.63, 3.8) is 0 Å². The Balaban J connectivity index is 1.75. The molecule has 2 fully saturated rings. The molecular formula is C15H19FN2O2. The normalized spacial score (nSPS) is 29.4. The van der Waals surface area contributed by atoms with Crippen LogP contribution in [0.3, 0.4) is 0 Å². The second-order valence-electron chi connectivity index (χ2n) is 5.86. The van der Waals surface area contributed by atoms with E-state index in [0.717, 1.165) is 12.8 Å². The van der Waals surface area contributed by atoms with Gasteiger partial charge in [0.25, 0.3) is 0 Å². The van der Waals surface area contributed by atoms with Crippen LogP contribution in [-0.4, -0.2) is 41.1 Å². The molecule has 2 N–H and O–H groups in total. The molecule has 3 rings (SSSR count). The predicted octanol–water partition coefficient (Wildman–Crippen LogP) is 2.56. The lowest BCUT2D eigenvalue weighted by Crippen LogP contribution is -2.44. The highest BCUT2D eigenvalue weighted by molar-refractivity contribution is 5.88. The van der Waals surface area contributed by atoms with E-state index in [1.807, 2.05) is 0 Å². The van der Waals surface area contributed by atoms with E-state index in [-0.39, 0.29) is 17.4 Å². The van der Waals surface area contributed by atoms with Gasteiger partial charge in [0.1, 0.15) is 5.82 Å². The van der Waals surface area contributed by atoms with Crippen molar-refractivity contribution in [2.24, 2.45) is 0 Å². The molecule has 2 atom stereocenters. The first-order chi connectivity index (χ1) is 9.54. The lowest BCUT2D eigenvalue weighted by atomic mass is 9.97. The number of carbonyl (C=O) groups is 1. The van der Waals surface area contributed by atoms with Gasteiger partial charge in [-0.3, -0.25) is 0 Å². The first-order valence-corrected chi connectivity index (χ1v) is 7.06. The third-order valence-electron chi connectivity index (χ3n) is 4.67. The van der Waals surface area contributed by atoms with E-state index in [1.165, 1.54) is 31.0 Å². The minimum Gasteiger partial charge on any atom is -0.478 e. The average Bonchev–Trinajstić information content (AvgIpc) is 2.64. The number of anilines is 1. The van der Waals surface area contributed by atoms with Gasteiger partial charge in [-0.05, 0) is 50.9 Å². The zero-order valence-corrected chi connectivity index (χ0v) is 11.5. The van der Waals surface area contributed by atoms with Crippen LogP contribution in [0.4, 0.5) is 10.1 Å². The number of carboxylic acids is 1. The Morgan fingerprint density at radius 2 is 2.00 bits per heavy atom. The van der Waals surface area contributed by atoms with Crippen molar-refractivity contribution in [3.8, 4) is 0 Å². The summed E-state index contributed by atoms with van der Waals surface area (Å²) in [5, 5.41) is 12.2. The Kier molecular flexibility index (Phi) is 3.38. The van der Waals surface area contributed by atoms with Crippen LogP contribution in [0.15, 0.2) is 18.2 Å². The molecule has 2 unspecified atom stereocenters. The SMILES string of the molecule is CN1C2CCC1CC(Nc1cc(C(=O)O)ccc1F)C2. The summed E-state index contributed by atoms with van der Waals surface area (Å²) < 4.78 is 13.8. The molecule has 2 bridgehead atoms. The molecule has 1 aromatic carbocycles. The van der Waals surface area contributed by atoms with Gasteiger partial charge >= 0.3 is 5.97 Å². The third kappa shape index (κ3) is 2.38. The van der Waals surface area contributed by atoms with Crippen molar-refractivity contribution in [2.45, 2.75) is 43.8 Å². The maximum atomic E-state index is 13.8. The summed E-state index contributed by atoms with van der Waals surface area (Å²) in [7, 11) is 2.16. The van der Waals surface area contributed by atoms with Crippen LogP contribution < -0.4 is 5.32 Å². The second kappa shape index (κ2) is 5.05. The zero-order valence-electron chi connectivity index (χ0n) is 11.5. The summed E-state index contributed by atoms with van der Waals surface area (Å²) in [6, 6.07) is 5.25. The standard InChI is InChI=1S/C15H19FN2O2/c1-18-11-3-4-12(18)8-10(7-11)17-14-6-9(15(19)20)2-5-13(14)16/h2,5-6,10-12,17H,3-4,7-8H2,1H3,(H,19,20). The maximum absolute atomic E-state index is 13.8. The van der Waals surface area contributed by atoms with Crippen LogP contribution in [0.5, 0.6) is 0 Å². The molecule has 0 aromatic heterocycles. The van der Waals surface area contributed by atoms with Gasteiger partial charge in [0.05, 0.1) is 11.3 Å². The van der Waals surface area contributed by atoms with Crippen molar-refractivity contribution in [1.29, 1.82) is 0 Å². The number of nitrogens with one attached hydrogen (secondary N) is 1. The van der Waals surface area contributed by atoms with E-state index in [4.69, 9.17) is 5.11 Å². The molecule has 0 amide bonds. The Labute approximate surface area is 117 Å². The van der Waals surface area contributed by atoms with Crippen LogP contribution in [0.1, 0.15) is 36.0 Å². The Bertz CT molecular complexity index is 521. The maximum Gasteiger partial charge on any atom is 0.335 e. The van der Waals surface area contributed by atoms with Crippen LogP contribution >= 0.6 is 0 Å². The monoisotopic (exact) mass is 278 g/mol. The highest BCUT2D eigenvalue weighted by Crippen LogP contribution is 2.35. The summed E-state index contributed by atoms with van der Waals surface area (Å²) in [6.07, 6.45) is 4.39. The fraction of sp³-hybridized carbons (Fsp3) is 0.533. The molecule has 108 valence electrons. The number of rotatable bonds is 3. The molecule has 2 saturated heterocycles. The summed E-state index contributed by atoms with van der Waals surface area (Å²) in [6.45, 7) is 0. The number of halogens is 1. The molecule has 4 nitrogen and oxygen atoms in total. The van der Waals surface area contributed by atoms with E-state index in [0.29, 0.717) is 17.8 Å². The largest absolute Gasteiger partial charge is 0.478 e.